The van der Waals surface area contributed by atoms with Crippen LogP contribution in [0.3, 0.4) is 0 Å². The second-order valence-corrected chi connectivity index (χ2v) is 3.41. The smallest absolute Gasteiger partial charge is 0.187 e. The van der Waals surface area contributed by atoms with Gasteiger partial charge in [0.1, 0.15) is 0 Å². The molecular weight excluding hydrogens is 172 g/mol. The predicted molar refractivity (Wildman–Crippen MR) is 54.7 cm³/mol. The third kappa shape index (κ3) is 2.16. The molecule has 0 radical (unpaired) electrons. The summed E-state index contributed by atoms with van der Waals surface area (Å²) in [4.78, 5) is 3.98. The van der Waals surface area contributed by atoms with Gasteiger partial charge in [0.15, 0.2) is 18.9 Å². The van der Waals surface area contributed by atoms with Crippen molar-refractivity contribution < 1.29 is 4.57 Å². The molecule has 70 valence electrons. The number of hydrogen-bond acceptors (Lipinski definition) is 1. The van der Waals surface area contributed by atoms with Gasteiger partial charge >= 0.3 is 0 Å². The number of nitrogens with zero attached hydrogens (tertiary/aromatic N) is 2. The molecule has 2 rings (SSSR count). The Bertz CT molecular complexity index is 410. The minimum Gasteiger partial charge on any atom is -0.252 e. The Morgan fingerprint density at radius 3 is 2.71 bits per heavy atom. The van der Waals surface area contributed by atoms with Crippen LogP contribution >= 0.6 is 0 Å². The predicted octanol–water partition coefficient (Wildman–Crippen LogP) is 1.73. The lowest BCUT2D eigenvalue weighted by molar-refractivity contribution is -0.688. The van der Waals surface area contributed by atoms with Crippen molar-refractivity contribution in [2.24, 2.45) is 0 Å². The molecule has 2 heteroatoms. The molecule has 2 aromatic rings. The second kappa shape index (κ2) is 4.01. The van der Waals surface area contributed by atoms with E-state index in [1.54, 1.807) is 12.4 Å². The van der Waals surface area contributed by atoms with Crippen molar-refractivity contribution in [2.75, 3.05) is 0 Å². The van der Waals surface area contributed by atoms with Crippen molar-refractivity contribution in [1.29, 1.82) is 0 Å². The van der Waals surface area contributed by atoms with Crippen LogP contribution in [0.25, 0.3) is 0 Å². The summed E-state index contributed by atoms with van der Waals surface area (Å²) in [5, 5.41) is 0. The van der Waals surface area contributed by atoms with E-state index in [0.29, 0.717) is 0 Å². The fourth-order valence-corrected chi connectivity index (χ4v) is 1.47. The van der Waals surface area contributed by atoms with Gasteiger partial charge < -0.3 is 0 Å². The van der Waals surface area contributed by atoms with Crippen LogP contribution < -0.4 is 4.57 Å². The molecule has 2 nitrogen and oxygen atoms in total. The van der Waals surface area contributed by atoms with E-state index in [4.69, 9.17) is 0 Å². The normalized spacial score (nSPS) is 10.1. The van der Waals surface area contributed by atoms with Gasteiger partial charge in [0, 0.05) is 5.56 Å². The fourth-order valence-electron chi connectivity index (χ4n) is 1.47. The number of aryl methyl sites for hydroxylation is 1. The zero-order valence-electron chi connectivity index (χ0n) is 8.22. The summed E-state index contributed by atoms with van der Waals surface area (Å²) in [5.74, 6) is 0. The van der Waals surface area contributed by atoms with Crippen LogP contribution in [0, 0.1) is 6.92 Å². The third-order valence-corrected chi connectivity index (χ3v) is 2.14. The van der Waals surface area contributed by atoms with Gasteiger partial charge in [0.25, 0.3) is 0 Å². The van der Waals surface area contributed by atoms with Gasteiger partial charge in [0.2, 0.25) is 0 Å². The number of hydrogen-bond donors (Lipinski definition) is 0. The Labute approximate surface area is 83.9 Å². The van der Waals surface area contributed by atoms with Gasteiger partial charge in [0.05, 0.1) is 12.4 Å². The first-order valence-electron chi connectivity index (χ1n) is 4.69. The molecule has 0 unspecified atom stereocenters. The van der Waals surface area contributed by atoms with E-state index in [9.17, 15) is 0 Å². The highest BCUT2D eigenvalue weighted by atomic mass is 14.9. The van der Waals surface area contributed by atoms with E-state index in [0.717, 1.165) is 6.54 Å². The SMILES string of the molecule is Cc1cccc(C[n+]2ccncc2)c1. The molecule has 0 aliphatic heterocycles. The lowest BCUT2D eigenvalue weighted by Gasteiger charge is -1.98. The average molecular weight is 185 g/mol. The van der Waals surface area contributed by atoms with E-state index in [-0.39, 0.29) is 0 Å². The molecule has 14 heavy (non-hydrogen) atoms. The molecule has 0 fully saturated rings. The number of benzene rings is 1. The topological polar surface area (TPSA) is 16.8 Å². The Morgan fingerprint density at radius 2 is 2.00 bits per heavy atom. The summed E-state index contributed by atoms with van der Waals surface area (Å²) in [5.41, 5.74) is 2.62. The highest BCUT2D eigenvalue weighted by Crippen LogP contribution is 2.02. The van der Waals surface area contributed by atoms with Crippen LogP contribution in [0.5, 0.6) is 0 Å². The van der Waals surface area contributed by atoms with Crippen LogP contribution in [-0.4, -0.2) is 4.98 Å². The van der Waals surface area contributed by atoms with Crippen molar-refractivity contribution in [1.82, 2.24) is 4.98 Å². The molecule has 1 aromatic carbocycles. The summed E-state index contributed by atoms with van der Waals surface area (Å²) in [7, 11) is 0. The van der Waals surface area contributed by atoms with Gasteiger partial charge in [-0.05, 0) is 13.0 Å². The molecule has 0 aliphatic carbocycles. The van der Waals surface area contributed by atoms with Crippen LogP contribution in [0.1, 0.15) is 11.1 Å². The zero-order chi connectivity index (χ0) is 9.80. The fraction of sp³-hybridized carbons (Fsp3) is 0.167. The summed E-state index contributed by atoms with van der Waals surface area (Å²) in [6.07, 6.45) is 7.55. The van der Waals surface area contributed by atoms with Crippen molar-refractivity contribution in [3.63, 3.8) is 0 Å². The molecule has 0 bridgehead atoms. The quantitative estimate of drug-likeness (QED) is 0.651. The lowest BCUT2D eigenvalue weighted by atomic mass is 10.1. The molecule has 0 aliphatic rings. The van der Waals surface area contributed by atoms with Crippen molar-refractivity contribution in [3.8, 4) is 0 Å². The molecular formula is C12H13N2+. The minimum absolute atomic E-state index is 0.907. The van der Waals surface area contributed by atoms with Gasteiger partial charge in [-0.1, -0.05) is 23.8 Å². The Morgan fingerprint density at radius 1 is 1.21 bits per heavy atom. The highest BCUT2D eigenvalue weighted by molar-refractivity contribution is 5.21. The largest absolute Gasteiger partial charge is 0.252 e. The maximum absolute atomic E-state index is 3.98. The monoisotopic (exact) mass is 185 g/mol. The number of rotatable bonds is 2. The molecule has 0 atom stereocenters. The summed E-state index contributed by atoms with van der Waals surface area (Å²) >= 11 is 0. The summed E-state index contributed by atoms with van der Waals surface area (Å²) < 4.78 is 2.11. The van der Waals surface area contributed by atoms with Crippen LogP contribution in [0.15, 0.2) is 49.1 Å². The molecule has 0 amide bonds. The van der Waals surface area contributed by atoms with Crippen LogP contribution in [-0.2, 0) is 6.54 Å². The van der Waals surface area contributed by atoms with Crippen molar-refractivity contribution in [2.45, 2.75) is 13.5 Å². The van der Waals surface area contributed by atoms with E-state index >= 15 is 0 Å². The molecule has 0 saturated carbocycles. The molecule has 1 aromatic heterocycles. The van der Waals surface area contributed by atoms with E-state index < -0.39 is 0 Å². The van der Waals surface area contributed by atoms with Gasteiger partial charge in [-0.25, -0.2) is 0 Å². The van der Waals surface area contributed by atoms with Crippen molar-refractivity contribution >= 4 is 0 Å². The first-order valence-corrected chi connectivity index (χ1v) is 4.69. The van der Waals surface area contributed by atoms with Crippen LogP contribution in [0.4, 0.5) is 0 Å². The average Bonchev–Trinajstić information content (AvgIpc) is 2.19. The van der Waals surface area contributed by atoms with E-state index in [1.165, 1.54) is 11.1 Å². The third-order valence-electron chi connectivity index (χ3n) is 2.14. The summed E-state index contributed by atoms with van der Waals surface area (Å²) in [6.45, 7) is 3.02. The maximum Gasteiger partial charge on any atom is 0.187 e. The molecule has 1 heterocycles. The van der Waals surface area contributed by atoms with E-state index in [1.807, 2.05) is 12.4 Å². The molecule has 0 saturated heterocycles. The van der Waals surface area contributed by atoms with Gasteiger partial charge in [-0.15, -0.1) is 0 Å². The van der Waals surface area contributed by atoms with Gasteiger partial charge in [-0.2, -0.15) is 4.57 Å². The van der Waals surface area contributed by atoms with Crippen molar-refractivity contribution in [3.05, 3.63) is 60.2 Å². The lowest BCUT2D eigenvalue weighted by Crippen LogP contribution is -2.33. The Kier molecular flexibility index (Phi) is 2.54. The minimum atomic E-state index is 0.907. The summed E-state index contributed by atoms with van der Waals surface area (Å²) in [6, 6.07) is 8.54. The maximum atomic E-state index is 3.98. The van der Waals surface area contributed by atoms with E-state index in [2.05, 4.69) is 40.7 Å². The molecule has 0 N–H and O–H groups in total. The molecule has 0 spiro atoms. The van der Waals surface area contributed by atoms with Gasteiger partial charge in [-0.3, -0.25) is 4.98 Å². The highest BCUT2D eigenvalue weighted by Gasteiger charge is 2.00. The Balaban J connectivity index is 2.19. The zero-order valence-corrected chi connectivity index (χ0v) is 8.22. The standard InChI is InChI=1S/C12H13N2/c1-11-3-2-4-12(9-11)10-14-7-5-13-6-8-14/h2-9H,10H2,1H3/q+1. The Hall–Kier alpha value is -1.70. The van der Waals surface area contributed by atoms with Crippen LogP contribution in [0.2, 0.25) is 0 Å². The first-order chi connectivity index (χ1) is 6.84. The second-order valence-electron chi connectivity index (χ2n) is 3.41. The first kappa shape index (κ1) is 8.88. The number of aromatic nitrogens is 2.